The lowest BCUT2D eigenvalue weighted by Crippen LogP contribution is -2.40. The highest BCUT2D eigenvalue weighted by Crippen LogP contribution is 2.31. The van der Waals surface area contributed by atoms with E-state index in [2.05, 4.69) is 28.4 Å². The van der Waals surface area contributed by atoms with E-state index in [1.807, 2.05) is 20.8 Å². The topological polar surface area (TPSA) is 76.8 Å². The maximum atomic E-state index is 11.9. The van der Waals surface area contributed by atoms with Crippen molar-refractivity contribution in [3.63, 3.8) is 0 Å². The molecule has 0 unspecified atom stereocenters. The molecule has 24 heavy (non-hydrogen) atoms. The molecule has 2 aliphatic rings. The lowest BCUT2D eigenvalue weighted by Gasteiger charge is -2.26. The molecule has 0 aliphatic carbocycles. The molecule has 3 N–H and O–H groups in total. The summed E-state index contributed by atoms with van der Waals surface area (Å²) in [6.45, 7) is 7.85. The van der Waals surface area contributed by atoms with Gasteiger partial charge in [-0.25, -0.2) is 4.79 Å². The summed E-state index contributed by atoms with van der Waals surface area (Å²) < 4.78 is 11.1. The Morgan fingerprint density at radius 3 is 2.96 bits per heavy atom. The fourth-order valence-electron chi connectivity index (χ4n) is 3.17. The number of rotatable bonds is 2. The molecular formula is C18H27N3O3. The Morgan fingerprint density at radius 2 is 2.21 bits per heavy atom. The van der Waals surface area contributed by atoms with Crippen LogP contribution < -0.4 is 20.7 Å². The fourth-order valence-corrected chi connectivity index (χ4v) is 3.17. The van der Waals surface area contributed by atoms with Gasteiger partial charge in [-0.3, -0.25) is 0 Å². The summed E-state index contributed by atoms with van der Waals surface area (Å²) in [5.41, 5.74) is 7.75. The molecular weight excluding hydrogens is 306 g/mol. The molecule has 6 nitrogen and oxygen atoms in total. The molecule has 1 aromatic carbocycles. The predicted octanol–water partition coefficient (Wildman–Crippen LogP) is 2.05. The van der Waals surface area contributed by atoms with Gasteiger partial charge in [0.1, 0.15) is 18.0 Å². The summed E-state index contributed by atoms with van der Waals surface area (Å²) in [4.78, 5) is 14.2. The van der Waals surface area contributed by atoms with Crippen molar-refractivity contribution < 1.29 is 14.3 Å². The molecule has 3 rings (SSSR count). The molecule has 0 aromatic heterocycles. The molecule has 0 spiro atoms. The normalized spacial score (nSPS) is 23.4. The number of benzene rings is 1. The van der Waals surface area contributed by atoms with Crippen LogP contribution in [-0.4, -0.2) is 43.5 Å². The van der Waals surface area contributed by atoms with Crippen LogP contribution in [0.5, 0.6) is 5.75 Å². The van der Waals surface area contributed by atoms with Crippen molar-refractivity contribution >= 4 is 11.8 Å². The minimum atomic E-state index is -0.473. The summed E-state index contributed by atoms with van der Waals surface area (Å²) in [7, 11) is 0. The second kappa shape index (κ2) is 6.51. The molecule has 1 aromatic rings. The SMILES string of the molecule is CC(C)(C)OC(=O)N[C@@H]1CCN(c2ccc3c(c2)OC[C@H](N)C3)C1. The first kappa shape index (κ1) is 16.9. The van der Waals surface area contributed by atoms with E-state index in [4.69, 9.17) is 15.2 Å². The molecule has 2 atom stereocenters. The van der Waals surface area contributed by atoms with Crippen LogP contribution in [0.15, 0.2) is 18.2 Å². The first-order chi connectivity index (χ1) is 11.3. The summed E-state index contributed by atoms with van der Waals surface area (Å²) in [6, 6.07) is 6.47. The number of nitrogens with zero attached hydrogens (tertiary/aromatic N) is 1. The van der Waals surface area contributed by atoms with E-state index in [0.29, 0.717) is 6.61 Å². The number of nitrogens with two attached hydrogens (primary N) is 1. The summed E-state index contributed by atoms with van der Waals surface area (Å²) in [5, 5.41) is 2.95. The molecule has 0 saturated carbocycles. The third-order valence-electron chi connectivity index (χ3n) is 4.26. The van der Waals surface area contributed by atoms with Crippen LogP contribution in [0, 0.1) is 0 Å². The van der Waals surface area contributed by atoms with Crippen LogP contribution >= 0.6 is 0 Å². The fraction of sp³-hybridized carbons (Fsp3) is 0.611. The van der Waals surface area contributed by atoms with Crippen LogP contribution in [0.3, 0.4) is 0 Å². The van der Waals surface area contributed by atoms with Crippen LogP contribution in [0.25, 0.3) is 0 Å². The van der Waals surface area contributed by atoms with Gasteiger partial charge in [0, 0.05) is 30.9 Å². The first-order valence-electron chi connectivity index (χ1n) is 8.56. The monoisotopic (exact) mass is 333 g/mol. The van der Waals surface area contributed by atoms with Crippen LogP contribution in [-0.2, 0) is 11.2 Å². The largest absolute Gasteiger partial charge is 0.492 e. The van der Waals surface area contributed by atoms with E-state index < -0.39 is 5.60 Å². The summed E-state index contributed by atoms with van der Waals surface area (Å²) in [6.07, 6.45) is 1.41. The molecule has 2 heterocycles. The van der Waals surface area contributed by atoms with Gasteiger partial charge in [0.2, 0.25) is 0 Å². The molecule has 2 aliphatic heterocycles. The molecule has 1 saturated heterocycles. The lowest BCUT2D eigenvalue weighted by atomic mass is 10.0. The van der Waals surface area contributed by atoms with E-state index in [1.165, 1.54) is 5.56 Å². The molecule has 0 radical (unpaired) electrons. The average Bonchev–Trinajstić information content (AvgIpc) is 2.93. The third kappa shape index (κ3) is 4.12. The van der Waals surface area contributed by atoms with Gasteiger partial charge in [0.05, 0.1) is 6.04 Å². The van der Waals surface area contributed by atoms with Crippen molar-refractivity contribution in [3.8, 4) is 5.75 Å². The summed E-state index contributed by atoms with van der Waals surface area (Å²) >= 11 is 0. The van der Waals surface area contributed by atoms with Gasteiger partial charge in [0.25, 0.3) is 0 Å². The van der Waals surface area contributed by atoms with Gasteiger partial charge in [-0.2, -0.15) is 0 Å². The molecule has 0 bridgehead atoms. The van der Waals surface area contributed by atoms with Crippen molar-refractivity contribution in [2.24, 2.45) is 5.73 Å². The zero-order valence-corrected chi connectivity index (χ0v) is 14.7. The van der Waals surface area contributed by atoms with E-state index >= 15 is 0 Å². The molecule has 132 valence electrons. The highest BCUT2D eigenvalue weighted by molar-refractivity contribution is 5.68. The number of alkyl carbamates (subject to hydrolysis) is 1. The van der Waals surface area contributed by atoms with Gasteiger partial charge in [-0.15, -0.1) is 0 Å². The van der Waals surface area contributed by atoms with E-state index in [1.54, 1.807) is 0 Å². The minimum absolute atomic E-state index is 0.0811. The van der Waals surface area contributed by atoms with E-state index in [0.717, 1.165) is 37.4 Å². The standard InChI is InChI=1S/C18H27N3O3/c1-18(2,3)24-17(22)20-14-6-7-21(10-14)15-5-4-12-8-13(19)11-23-16(12)9-15/h4-5,9,13-14H,6-8,10-11,19H2,1-3H3,(H,20,22)/t13-,14-/m1/s1. The first-order valence-corrected chi connectivity index (χ1v) is 8.56. The summed E-state index contributed by atoms with van der Waals surface area (Å²) in [5.74, 6) is 0.928. The zero-order valence-electron chi connectivity index (χ0n) is 14.7. The Morgan fingerprint density at radius 1 is 1.42 bits per heavy atom. The number of hydrogen-bond acceptors (Lipinski definition) is 5. The van der Waals surface area contributed by atoms with Crippen molar-refractivity contribution in [1.29, 1.82) is 0 Å². The van der Waals surface area contributed by atoms with E-state index in [-0.39, 0.29) is 18.2 Å². The Bertz CT molecular complexity index is 612. The van der Waals surface area contributed by atoms with Crippen LogP contribution in [0.2, 0.25) is 0 Å². The minimum Gasteiger partial charge on any atom is -0.492 e. The number of anilines is 1. The number of carbonyl (C=O) groups excluding carboxylic acids is 1. The number of ether oxygens (including phenoxy) is 2. The number of hydrogen-bond donors (Lipinski definition) is 2. The smallest absolute Gasteiger partial charge is 0.407 e. The highest BCUT2D eigenvalue weighted by atomic mass is 16.6. The van der Waals surface area contributed by atoms with E-state index in [9.17, 15) is 4.79 Å². The van der Waals surface area contributed by atoms with Crippen molar-refractivity contribution in [1.82, 2.24) is 5.32 Å². The van der Waals surface area contributed by atoms with Gasteiger partial charge >= 0.3 is 6.09 Å². The molecule has 1 amide bonds. The van der Waals surface area contributed by atoms with Gasteiger partial charge < -0.3 is 25.4 Å². The Labute approximate surface area is 143 Å². The number of nitrogens with one attached hydrogen (secondary N) is 1. The number of carbonyl (C=O) groups is 1. The van der Waals surface area contributed by atoms with Gasteiger partial charge in [-0.1, -0.05) is 6.07 Å². The Balaban J connectivity index is 1.59. The van der Waals surface area contributed by atoms with Crippen LogP contribution in [0.4, 0.5) is 10.5 Å². The quantitative estimate of drug-likeness (QED) is 0.866. The lowest BCUT2D eigenvalue weighted by molar-refractivity contribution is 0.0509. The molecule has 1 fully saturated rings. The Kier molecular flexibility index (Phi) is 4.58. The maximum absolute atomic E-state index is 11.9. The second-order valence-corrected chi connectivity index (χ2v) is 7.65. The zero-order chi connectivity index (χ0) is 17.3. The predicted molar refractivity (Wildman–Crippen MR) is 93.6 cm³/mol. The van der Waals surface area contributed by atoms with Crippen LogP contribution in [0.1, 0.15) is 32.8 Å². The number of amides is 1. The highest BCUT2D eigenvalue weighted by Gasteiger charge is 2.27. The van der Waals surface area contributed by atoms with Crippen molar-refractivity contribution in [3.05, 3.63) is 23.8 Å². The average molecular weight is 333 g/mol. The van der Waals surface area contributed by atoms with Gasteiger partial charge in [-0.05, 0) is 45.2 Å². The third-order valence-corrected chi connectivity index (χ3v) is 4.26. The van der Waals surface area contributed by atoms with Gasteiger partial charge in [0.15, 0.2) is 0 Å². The van der Waals surface area contributed by atoms with Crippen molar-refractivity contribution in [2.75, 3.05) is 24.6 Å². The maximum Gasteiger partial charge on any atom is 0.407 e. The second-order valence-electron chi connectivity index (χ2n) is 7.65. The van der Waals surface area contributed by atoms with Crippen molar-refractivity contribution in [2.45, 2.75) is 51.3 Å². The Hall–Kier alpha value is -1.95. The molecule has 6 heteroatoms. The number of fused-ring (bicyclic) bond motifs is 1.